The fourth-order valence-electron chi connectivity index (χ4n) is 1.50. The highest BCUT2D eigenvalue weighted by molar-refractivity contribution is 5.90. The van der Waals surface area contributed by atoms with Gasteiger partial charge in [0.25, 0.3) is 0 Å². The molecule has 0 bridgehead atoms. The van der Waals surface area contributed by atoms with Gasteiger partial charge in [0.2, 0.25) is 0 Å². The number of carboxylic acids is 1. The molecular formula is C17H29NO4. The molecule has 126 valence electrons. The number of carboxylic acid groups (broad SMARTS) is 1. The molecule has 2 N–H and O–H groups in total. The van der Waals surface area contributed by atoms with Gasteiger partial charge < -0.3 is 15.2 Å². The number of ether oxygens (including phenoxy) is 1. The molecule has 5 heteroatoms. The van der Waals surface area contributed by atoms with Gasteiger partial charge in [-0.05, 0) is 26.0 Å². The number of hydrogen-bond donors (Lipinski definition) is 2. The molecule has 0 saturated carbocycles. The van der Waals surface area contributed by atoms with Gasteiger partial charge in [-0.1, -0.05) is 33.8 Å². The molecule has 1 rings (SSSR count). The quantitative estimate of drug-likeness (QED) is 0.792. The Hall–Kier alpha value is -2.04. The van der Waals surface area contributed by atoms with Gasteiger partial charge in [-0.15, -0.1) is 0 Å². The topological polar surface area (TPSA) is 75.6 Å². The lowest BCUT2D eigenvalue weighted by Crippen LogP contribution is -2.12. The Morgan fingerprint density at radius 1 is 1.18 bits per heavy atom. The van der Waals surface area contributed by atoms with Crippen molar-refractivity contribution in [2.75, 3.05) is 5.32 Å². The van der Waals surface area contributed by atoms with Gasteiger partial charge in [-0.2, -0.15) is 0 Å². The van der Waals surface area contributed by atoms with Crippen LogP contribution in [-0.2, 0) is 16.1 Å². The van der Waals surface area contributed by atoms with E-state index in [0.29, 0.717) is 5.56 Å². The fraction of sp³-hybridized carbons (Fsp3) is 0.529. The van der Waals surface area contributed by atoms with Crippen LogP contribution in [0.4, 0.5) is 5.69 Å². The van der Waals surface area contributed by atoms with Crippen LogP contribution >= 0.6 is 0 Å². The summed E-state index contributed by atoms with van der Waals surface area (Å²) in [5.41, 5.74) is 1.35. The van der Waals surface area contributed by atoms with E-state index in [0.717, 1.165) is 5.69 Å². The molecule has 1 aromatic carbocycles. The summed E-state index contributed by atoms with van der Waals surface area (Å²) >= 11 is 0. The zero-order chi connectivity index (χ0) is 17.7. The summed E-state index contributed by atoms with van der Waals surface area (Å²) in [4.78, 5) is 21.9. The Balaban J connectivity index is 0. The highest BCUT2D eigenvalue weighted by atomic mass is 16.5. The van der Waals surface area contributed by atoms with Crippen LogP contribution in [0.2, 0.25) is 0 Å². The summed E-state index contributed by atoms with van der Waals surface area (Å²) in [5.74, 6) is -1.47. The third-order valence-electron chi connectivity index (χ3n) is 2.23. The van der Waals surface area contributed by atoms with E-state index in [1.807, 2.05) is 41.5 Å². The van der Waals surface area contributed by atoms with E-state index < -0.39 is 11.9 Å². The van der Waals surface area contributed by atoms with Gasteiger partial charge in [-0.3, -0.25) is 4.79 Å². The van der Waals surface area contributed by atoms with E-state index in [4.69, 9.17) is 9.84 Å². The highest BCUT2D eigenvalue weighted by Crippen LogP contribution is 2.18. The van der Waals surface area contributed by atoms with E-state index in [1.54, 1.807) is 18.2 Å². The second kappa shape index (κ2) is 12.7. The van der Waals surface area contributed by atoms with Crippen LogP contribution in [0.25, 0.3) is 0 Å². The molecule has 0 aliphatic heterocycles. The monoisotopic (exact) mass is 311 g/mol. The molecule has 0 unspecified atom stereocenters. The lowest BCUT2D eigenvalue weighted by Gasteiger charge is -2.13. The summed E-state index contributed by atoms with van der Waals surface area (Å²) in [6.07, 6.45) is 0. The summed E-state index contributed by atoms with van der Waals surface area (Å²) < 4.78 is 4.82. The van der Waals surface area contributed by atoms with Gasteiger partial charge in [-0.25, -0.2) is 4.79 Å². The van der Waals surface area contributed by atoms with E-state index >= 15 is 0 Å². The Labute approximate surface area is 133 Å². The predicted molar refractivity (Wildman–Crippen MR) is 90.3 cm³/mol. The lowest BCUT2D eigenvalue weighted by molar-refractivity contribution is -0.142. The van der Waals surface area contributed by atoms with Gasteiger partial charge >= 0.3 is 11.9 Å². The third kappa shape index (κ3) is 9.00. The van der Waals surface area contributed by atoms with E-state index in [9.17, 15) is 9.59 Å². The molecule has 0 aliphatic rings. The molecule has 0 saturated heterocycles. The minimum atomic E-state index is -1.04. The molecule has 0 radical (unpaired) electrons. The molecular weight excluding hydrogens is 282 g/mol. The summed E-state index contributed by atoms with van der Waals surface area (Å²) in [7, 11) is 0. The van der Waals surface area contributed by atoms with Crippen LogP contribution in [0, 0.1) is 0 Å². The first-order valence-electron chi connectivity index (χ1n) is 7.66. The maximum Gasteiger partial charge on any atom is 0.336 e. The van der Waals surface area contributed by atoms with Crippen molar-refractivity contribution in [3.8, 4) is 0 Å². The average molecular weight is 311 g/mol. The number of esters is 1. The maximum absolute atomic E-state index is 11.1. The first kappa shape index (κ1) is 22.2. The number of hydrogen-bond acceptors (Lipinski definition) is 4. The number of benzene rings is 1. The van der Waals surface area contributed by atoms with Gasteiger partial charge in [0.05, 0.1) is 5.56 Å². The molecule has 1 aromatic rings. The zero-order valence-corrected chi connectivity index (χ0v) is 14.7. The SMILES string of the molecule is CC.CC.CC(=O)OCc1ccc(NC(C)C)cc1C(=O)O. The van der Waals surface area contributed by atoms with Gasteiger partial charge in [0.15, 0.2) is 0 Å². The van der Waals surface area contributed by atoms with Crippen molar-refractivity contribution >= 4 is 17.6 Å². The Kier molecular flexibility index (Phi) is 12.8. The van der Waals surface area contributed by atoms with Crippen molar-refractivity contribution in [2.45, 2.75) is 61.1 Å². The standard InChI is InChI=1S/C13H17NO4.2C2H6/c1-8(2)14-11-5-4-10(7-18-9(3)15)12(6-11)13(16)17;2*1-2/h4-6,8,14H,7H2,1-3H3,(H,16,17);2*1-2H3. The fourth-order valence-corrected chi connectivity index (χ4v) is 1.50. The molecule has 0 spiro atoms. The molecule has 5 nitrogen and oxygen atoms in total. The Morgan fingerprint density at radius 2 is 1.73 bits per heavy atom. The third-order valence-corrected chi connectivity index (χ3v) is 2.23. The number of carbonyl (C=O) groups is 2. The summed E-state index contributed by atoms with van der Waals surface area (Å²) in [5, 5.41) is 12.2. The van der Waals surface area contributed by atoms with Crippen LogP contribution < -0.4 is 5.32 Å². The van der Waals surface area contributed by atoms with E-state index in [-0.39, 0.29) is 18.2 Å². The van der Waals surface area contributed by atoms with Crippen molar-refractivity contribution in [2.24, 2.45) is 0 Å². The van der Waals surface area contributed by atoms with Crippen LogP contribution in [0.1, 0.15) is 64.4 Å². The number of rotatable bonds is 5. The minimum absolute atomic E-state index is 0.0288. The number of anilines is 1. The smallest absolute Gasteiger partial charge is 0.336 e. The lowest BCUT2D eigenvalue weighted by atomic mass is 10.1. The van der Waals surface area contributed by atoms with Crippen LogP contribution in [0.3, 0.4) is 0 Å². The second-order valence-corrected chi connectivity index (χ2v) is 4.26. The van der Waals surface area contributed by atoms with Crippen molar-refractivity contribution in [3.05, 3.63) is 29.3 Å². The maximum atomic E-state index is 11.1. The number of carbonyl (C=O) groups excluding carboxylic acids is 1. The van der Waals surface area contributed by atoms with E-state index in [1.165, 1.54) is 6.92 Å². The van der Waals surface area contributed by atoms with Crippen molar-refractivity contribution in [3.63, 3.8) is 0 Å². The van der Waals surface area contributed by atoms with Crippen LogP contribution in [0.15, 0.2) is 18.2 Å². The summed E-state index contributed by atoms with van der Waals surface area (Å²) in [6.45, 7) is 13.2. The minimum Gasteiger partial charge on any atom is -0.478 e. The first-order valence-corrected chi connectivity index (χ1v) is 7.66. The Bertz CT molecular complexity index is 456. The van der Waals surface area contributed by atoms with Crippen LogP contribution in [0.5, 0.6) is 0 Å². The average Bonchev–Trinajstić information content (AvgIpc) is 2.49. The predicted octanol–water partition coefficient (Wildman–Crippen LogP) is 4.32. The van der Waals surface area contributed by atoms with Gasteiger partial charge in [0.1, 0.15) is 6.61 Å². The zero-order valence-electron chi connectivity index (χ0n) is 14.7. The number of nitrogens with one attached hydrogen (secondary N) is 1. The number of aromatic carboxylic acids is 1. The summed E-state index contributed by atoms with van der Waals surface area (Å²) in [6, 6.07) is 5.18. The van der Waals surface area contributed by atoms with Gasteiger partial charge in [0, 0.05) is 24.2 Å². The molecule has 0 fully saturated rings. The molecule has 22 heavy (non-hydrogen) atoms. The second-order valence-electron chi connectivity index (χ2n) is 4.26. The van der Waals surface area contributed by atoms with E-state index in [2.05, 4.69) is 5.32 Å². The molecule has 0 heterocycles. The molecule has 0 aliphatic carbocycles. The normalized spacial score (nSPS) is 8.91. The Morgan fingerprint density at radius 3 is 2.14 bits per heavy atom. The molecule has 0 amide bonds. The molecule has 0 atom stereocenters. The van der Waals surface area contributed by atoms with Crippen molar-refractivity contribution in [1.82, 2.24) is 0 Å². The first-order chi connectivity index (χ1) is 10.4. The molecule has 0 aromatic heterocycles. The highest BCUT2D eigenvalue weighted by Gasteiger charge is 2.12. The van der Waals surface area contributed by atoms with Crippen molar-refractivity contribution in [1.29, 1.82) is 0 Å². The van der Waals surface area contributed by atoms with Crippen LogP contribution in [-0.4, -0.2) is 23.1 Å². The largest absolute Gasteiger partial charge is 0.478 e. The van der Waals surface area contributed by atoms with Crippen molar-refractivity contribution < 1.29 is 19.4 Å².